The predicted octanol–water partition coefficient (Wildman–Crippen LogP) is 3.52. The van der Waals surface area contributed by atoms with Crippen LogP contribution in [0.4, 0.5) is 0 Å². The van der Waals surface area contributed by atoms with Crippen molar-refractivity contribution in [2.45, 2.75) is 27.3 Å². The van der Waals surface area contributed by atoms with E-state index < -0.39 is 0 Å². The predicted molar refractivity (Wildman–Crippen MR) is 124 cm³/mol. The highest BCUT2D eigenvalue weighted by molar-refractivity contribution is 6.07. The molecular weight excluding hydrogens is 404 g/mol. The summed E-state index contributed by atoms with van der Waals surface area (Å²) in [5.74, 6) is 0.865. The van der Waals surface area contributed by atoms with Crippen LogP contribution in [0.2, 0.25) is 0 Å². The molecule has 1 N–H and O–H groups in total. The Hall–Kier alpha value is -3.68. The topological polar surface area (TPSA) is 86.9 Å². The van der Waals surface area contributed by atoms with Crippen LogP contribution in [0.3, 0.4) is 0 Å². The van der Waals surface area contributed by atoms with E-state index in [1.807, 2.05) is 68.2 Å². The van der Waals surface area contributed by atoms with Gasteiger partial charge in [0.15, 0.2) is 5.65 Å². The number of nitrogens with zero attached hydrogens (tertiary/aromatic N) is 5. The van der Waals surface area contributed by atoms with Gasteiger partial charge in [0.1, 0.15) is 5.75 Å². The molecule has 0 unspecified atom stereocenters. The SMILES string of the molecule is COc1ccc(-c2cc(C(=O)NC[C@H](C)Cn3ccc(C)n3)c3c(C)nn(C)c3n2)cc1. The van der Waals surface area contributed by atoms with E-state index in [2.05, 4.69) is 22.4 Å². The zero-order valence-corrected chi connectivity index (χ0v) is 19.1. The Morgan fingerprint density at radius 2 is 1.91 bits per heavy atom. The Bertz CT molecular complexity index is 1260. The first-order valence-electron chi connectivity index (χ1n) is 10.6. The van der Waals surface area contributed by atoms with Gasteiger partial charge in [-0.2, -0.15) is 10.2 Å². The maximum absolute atomic E-state index is 13.2. The summed E-state index contributed by atoms with van der Waals surface area (Å²) in [6.07, 6.45) is 1.96. The monoisotopic (exact) mass is 432 g/mol. The molecule has 0 saturated heterocycles. The molecule has 8 heteroatoms. The van der Waals surface area contributed by atoms with Crippen molar-refractivity contribution in [3.8, 4) is 17.0 Å². The molecule has 0 aliphatic rings. The number of fused-ring (bicyclic) bond motifs is 1. The highest BCUT2D eigenvalue weighted by atomic mass is 16.5. The van der Waals surface area contributed by atoms with Crippen LogP contribution < -0.4 is 10.1 Å². The quantitative estimate of drug-likeness (QED) is 0.483. The van der Waals surface area contributed by atoms with Crippen molar-refractivity contribution < 1.29 is 9.53 Å². The molecular formula is C24H28N6O2. The molecule has 0 radical (unpaired) electrons. The molecule has 0 aliphatic heterocycles. The van der Waals surface area contributed by atoms with Crippen LogP contribution in [0.25, 0.3) is 22.3 Å². The van der Waals surface area contributed by atoms with Gasteiger partial charge >= 0.3 is 0 Å². The second kappa shape index (κ2) is 8.82. The fourth-order valence-electron chi connectivity index (χ4n) is 3.84. The van der Waals surface area contributed by atoms with Gasteiger partial charge in [0.05, 0.1) is 35.1 Å². The summed E-state index contributed by atoms with van der Waals surface area (Å²) in [5.41, 5.74) is 4.64. The second-order valence-electron chi connectivity index (χ2n) is 8.19. The van der Waals surface area contributed by atoms with E-state index >= 15 is 0 Å². The highest BCUT2D eigenvalue weighted by Crippen LogP contribution is 2.28. The number of rotatable bonds is 7. The summed E-state index contributed by atoms with van der Waals surface area (Å²) in [4.78, 5) is 18.0. The molecule has 0 aliphatic carbocycles. The van der Waals surface area contributed by atoms with Crippen molar-refractivity contribution in [3.05, 3.63) is 59.5 Å². The molecule has 4 rings (SSSR count). The van der Waals surface area contributed by atoms with Gasteiger partial charge in [-0.25, -0.2) is 4.98 Å². The molecule has 0 spiro atoms. The molecule has 1 aromatic carbocycles. The number of hydrogen-bond acceptors (Lipinski definition) is 5. The standard InChI is InChI=1S/C24H28N6O2/c1-15(14-30-11-10-16(2)27-30)13-25-24(31)20-12-21(18-6-8-19(32-5)9-7-18)26-23-22(20)17(3)28-29(23)4/h6-12,15H,13-14H2,1-5H3,(H,25,31)/t15-/m0/s1. The lowest BCUT2D eigenvalue weighted by atomic mass is 10.0. The molecule has 3 heterocycles. The van der Waals surface area contributed by atoms with Crippen LogP contribution in [0.5, 0.6) is 5.75 Å². The summed E-state index contributed by atoms with van der Waals surface area (Å²) in [6, 6.07) is 11.5. The van der Waals surface area contributed by atoms with Gasteiger partial charge in [-0.1, -0.05) is 6.92 Å². The third-order valence-corrected chi connectivity index (χ3v) is 5.48. The van der Waals surface area contributed by atoms with E-state index in [9.17, 15) is 4.79 Å². The minimum Gasteiger partial charge on any atom is -0.497 e. The number of benzene rings is 1. The van der Waals surface area contributed by atoms with E-state index in [0.717, 1.165) is 34.6 Å². The number of hydrogen-bond donors (Lipinski definition) is 1. The summed E-state index contributed by atoms with van der Waals surface area (Å²) < 4.78 is 8.88. The van der Waals surface area contributed by atoms with Crippen molar-refractivity contribution in [1.29, 1.82) is 0 Å². The van der Waals surface area contributed by atoms with Crippen molar-refractivity contribution >= 4 is 16.9 Å². The van der Waals surface area contributed by atoms with Crippen molar-refractivity contribution in [3.63, 3.8) is 0 Å². The Balaban J connectivity index is 1.61. The molecule has 32 heavy (non-hydrogen) atoms. The van der Waals surface area contributed by atoms with Crippen molar-refractivity contribution in [2.75, 3.05) is 13.7 Å². The Morgan fingerprint density at radius 3 is 2.56 bits per heavy atom. The van der Waals surface area contributed by atoms with Crippen LogP contribution >= 0.6 is 0 Å². The summed E-state index contributed by atoms with van der Waals surface area (Å²) in [6.45, 7) is 7.24. The Kier molecular flexibility index (Phi) is 5.94. The van der Waals surface area contributed by atoms with E-state index in [1.54, 1.807) is 11.8 Å². The molecule has 0 fully saturated rings. The molecule has 4 aromatic rings. The molecule has 0 saturated carbocycles. The Labute approximate surface area is 187 Å². The first-order chi connectivity index (χ1) is 15.4. The summed E-state index contributed by atoms with van der Waals surface area (Å²) in [7, 11) is 3.48. The summed E-state index contributed by atoms with van der Waals surface area (Å²) >= 11 is 0. The number of methoxy groups -OCH3 is 1. The zero-order valence-electron chi connectivity index (χ0n) is 19.1. The molecule has 0 bridgehead atoms. The van der Waals surface area contributed by atoms with Gasteiger partial charge in [0, 0.05) is 31.9 Å². The minimum atomic E-state index is -0.133. The van der Waals surface area contributed by atoms with Crippen LogP contribution in [0, 0.1) is 19.8 Å². The molecule has 166 valence electrons. The molecule has 3 aromatic heterocycles. The summed E-state index contributed by atoms with van der Waals surface area (Å²) in [5, 5.41) is 12.8. The lowest BCUT2D eigenvalue weighted by Crippen LogP contribution is -2.30. The Morgan fingerprint density at radius 1 is 1.16 bits per heavy atom. The van der Waals surface area contributed by atoms with E-state index in [1.165, 1.54) is 0 Å². The van der Waals surface area contributed by atoms with Crippen LogP contribution in [-0.4, -0.2) is 44.1 Å². The number of carbonyl (C=O) groups is 1. The van der Waals surface area contributed by atoms with Crippen LogP contribution in [-0.2, 0) is 13.6 Å². The average molecular weight is 433 g/mol. The lowest BCUT2D eigenvalue weighted by Gasteiger charge is -2.14. The number of amides is 1. The maximum Gasteiger partial charge on any atom is 0.252 e. The fraction of sp³-hybridized carbons (Fsp3) is 0.333. The van der Waals surface area contributed by atoms with Gasteiger partial charge in [-0.3, -0.25) is 14.2 Å². The van der Waals surface area contributed by atoms with Gasteiger partial charge in [-0.05, 0) is 56.2 Å². The highest BCUT2D eigenvalue weighted by Gasteiger charge is 2.20. The number of aromatic nitrogens is 5. The first kappa shape index (κ1) is 21.5. The smallest absolute Gasteiger partial charge is 0.252 e. The number of carbonyl (C=O) groups excluding carboxylic acids is 1. The first-order valence-corrected chi connectivity index (χ1v) is 10.6. The van der Waals surface area contributed by atoms with Crippen molar-refractivity contribution in [2.24, 2.45) is 13.0 Å². The van der Waals surface area contributed by atoms with E-state index in [4.69, 9.17) is 9.72 Å². The number of aryl methyl sites for hydroxylation is 3. The van der Waals surface area contributed by atoms with Crippen LogP contribution in [0.15, 0.2) is 42.6 Å². The molecule has 8 nitrogen and oxygen atoms in total. The van der Waals surface area contributed by atoms with E-state index in [0.29, 0.717) is 23.4 Å². The molecule has 1 atom stereocenters. The van der Waals surface area contributed by atoms with Gasteiger partial charge < -0.3 is 10.1 Å². The number of pyridine rings is 1. The minimum absolute atomic E-state index is 0.133. The lowest BCUT2D eigenvalue weighted by molar-refractivity contribution is 0.0948. The fourth-order valence-corrected chi connectivity index (χ4v) is 3.84. The third kappa shape index (κ3) is 4.34. The maximum atomic E-state index is 13.2. The normalized spacial score (nSPS) is 12.2. The molecule has 1 amide bonds. The average Bonchev–Trinajstić information content (AvgIpc) is 3.33. The van der Waals surface area contributed by atoms with E-state index in [-0.39, 0.29) is 11.8 Å². The van der Waals surface area contributed by atoms with Gasteiger partial charge in [-0.15, -0.1) is 0 Å². The van der Waals surface area contributed by atoms with Gasteiger partial charge in [0.25, 0.3) is 5.91 Å². The largest absolute Gasteiger partial charge is 0.497 e. The number of ether oxygens (including phenoxy) is 1. The zero-order chi connectivity index (χ0) is 22.8. The number of nitrogens with one attached hydrogen (secondary N) is 1. The van der Waals surface area contributed by atoms with Gasteiger partial charge in [0.2, 0.25) is 0 Å². The second-order valence-corrected chi connectivity index (χ2v) is 8.19. The van der Waals surface area contributed by atoms with Crippen LogP contribution in [0.1, 0.15) is 28.7 Å². The van der Waals surface area contributed by atoms with Crippen molar-refractivity contribution in [1.82, 2.24) is 29.9 Å². The third-order valence-electron chi connectivity index (χ3n) is 5.48.